The van der Waals surface area contributed by atoms with Gasteiger partial charge < -0.3 is 5.11 Å². The maximum absolute atomic E-state index is 12.6. The molecule has 2 rings (SSSR count). The van der Waals surface area contributed by atoms with Crippen LogP contribution in [0.15, 0.2) is 28.7 Å². The van der Waals surface area contributed by atoms with E-state index in [9.17, 15) is 18.0 Å². The second-order valence-electron chi connectivity index (χ2n) is 3.52. The standard InChI is InChI=1S/C11H5BrF3NO2/c12-5-1-2-6-7(10(17)18)4-9(11(13,14)15)16-8(6)3-5/h1-4H,(H,17,18). The van der Waals surface area contributed by atoms with Crippen LogP contribution in [-0.4, -0.2) is 16.1 Å². The second kappa shape index (κ2) is 4.24. The molecule has 18 heavy (non-hydrogen) atoms. The van der Waals surface area contributed by atoms with Crippen LogP contribution in [0.3, 0.4) is 0 Å². The Kier molecular flexibility index (Phi) is 3.02. The lowest BCUT2D eigenvalue weighted by Gasteiger charge is -2.09. The number of hydrogen-bond donors (Lipinski definition) is 1. The summed E-state index contributed by atoms with van der Waals surface area (Å²) >= 11 is 3.10. The first-order valence-electron chi connectivity index (χ1n) is 4.70. The average molecular weight is 320 g/mol. The summed E-state index contributed by atoms with van der Waals surface area (Å²) in [5.74, 6) is -1.42. The quantitative estimate of drug-likeness (QED) is 0.871. The number of nitrogens with zero attached hydrogens (tertiary/aromatic N) is 1. The molecule has 0 bridgehead atoms. The van der Waals surface area contributed by atoms with E-state index in [4.69, 9.17) is 5.11 Å². The van der Waals surface area contributed by atoms with Crippen molar-refractivity contribution in [3.8, 4) is 0 Å². The summed E-state index contributed by atoms with van der Waals surface area (Å²) in [5, 5.41) is 9.10. The van der Waals surface area contributed by atoms with Crippen LogP contribution in [-0.2, 0) is 6.18 Å². The molecule has 0 spiro atoms. The van der Waals surface area contributed by atoms with Crippen LogP contribution in [0.5, 0.6) is 0 Å². The van der Waals surface area contributed by atoms with E-state index >= 15 is 0 Å². The van der Waals surface area contributed by atoms with E-state index in [0.717, 1.165) is 0 Å². The van der Waals surface area contributed by atoms with Crippen molar-refractivity contribution in [3.05, 3.63) is 40.0 Å². The predicted octanol–water partition coefficient (Wildman–Crippen LogP) is 3.71. The minimum Gasteiger partial charge on any atom is -0.478 e. The van der Waals surface area contributed by atoms with Crippen molar-refractivity contribution in [2.75, 3.05) is 0 Å². The van der Waals surface area contributed by atoms with Gasteiger partial charge in [0, 0.05) is 9.86 Å². The third-order valence-corrected chi connectivity index (χ3v) is 2.79. The molecule has 0 fully saturated rings. The van der Waals surface area contributed by atoms with E-state index in [-0.39, 0.29) is 10.9 Å². The Labute approximate surface area is 107 Å². The molecule has 0 radical (unpaired) electrons. The van der Waals surface area contributed by atoms with E-state index in [2.05, 4.69) is 20.9 Å². The van der Waals surface area contributed by atoms with E-state index in [0.29, 0.717) is 10.5 Å². The molecule has 0 amide bonds. The molecule has 0 aliphatic rings. The fourth-order valence-corrected chi connectivity index (χ4v) is 1.87. The van der Waals surface area contributed by atoms with Crippen LogP contribution >= 0.6 is 15.9 Å². The maximum Gasteiger partial charge on any atom is 0.433 e. The highest BCUT2D eigenvalue weighted by molar-refractivity contribution is 9.10. The number of aromatic nitrogens is 1. The summed E-state index contributed by atoms with van der Waals surface area (Å²) in [6.45, 7) is 0. The minimum absolute atomic E-state index is 0.0170. The number of alkyl halides is 3. The molecule has 0 saturated heterocycles. The van der Waals surface area contributed by atoms with Gasteiger partial charge in [-0.25, -0.2) is 9.78 Å². The number of fused-ring (bicyclic) bond motifs is 1. The van der Waals surface area contributed by atoms with E-state index in [1.165, 1.54) is 12.1 Å². The minimum atomic E-state index is -4.68. The zero-order valence-corrected chi connectivity index (χ0v) is 10.2. The molecule has 1 N–H and O–H groups in total. The van der Waals surface area contributed by atoms with Crippen LogP contribution in [0.4, 0.5) is 13.2 Å². The molecule has 0 saturated carbocycles. The third kappa shape index (κ3) is 2.31. The second-order valence-corrected chi connectivity index (χ2v) is 4.44. The van der Waals surface area contributed by atoms with Gasteiger partial charge in [-0.2, -0.15) is 13.2 Å². The zero-order chi connectivity index (χ0) is 13.5. The van der Waals surface area contributed by atoms with Gasteiger partial charge >= 0.3 is 12.1 Å². The number of halogens is 4. The maximum atomic E-state index is 12.6. The van der Waals surface area contributed by atoms with Crippen LogP contribution in [0.2, 0.25) is 0 Å². The summed E-state index contributed by atoms with van der Waals surface area (Å²) in [7, 11) is 0. The van der Waals surface area contributed by atoms with Gasteiger partial charge in [-0.1, -0.05) is 22.0 Å². The van der Waals surface area contributed by atoms with Crippen LogP contribution in [0.25, 0.3) is 10.9 Å². The Balaban J connectivity index is 2.83. The van der Waals surface area contributed by atoms with Gasteiger partial charge in [0.15, 0.2) is 0 Å². The molecule has 1 aromatic heterocycles. The molecular formula is C11H5BrF3NO2. The first-order valence-corrected chi connectivity index (χ1v) is 5.49. The molecule has 0 atom stereocenters. The van der Waals surface area contributed by atoms with Crippen molar-refractivity contribution in [1.29, 1.82) is 0 Å². The Morgan fingerprint density at radius 2 is 1.94 bits per heavy atom. The third-order valence-electron chi connectivity index (χ3n) is 2.29. The molecule has 1 heterocycles. The van der Waals surface area contributed by atoms with E-state index in [1.807, 2.05) is 0 Å². The Bertz CT molecular complexity index is 640. The lowest BCUT2D eigenvalue weighted by atomic mass is 10.1. The monoisotopic (exact) mass is 319 g/mol. The van der Waals surface area contributed by atoms with Crippen molar-refractivity contribution >= 4 is 32.8 Å². The van der Waals surface area contributed by atoms with Crippen molar-refractivity contribution < 1.29 is 23.1 Å². The number of carbonyl (C=O) groups is 1. The van der Waals surface area contributed by atoms with E-state index in [1.54, 1.807) is 6.07 Å². The summed E-state index contributed by atoms with van der Waals surface area (Å²) in [5.41, 5.74) is -1.65. The Hall–Kier alpha value is -1.63. The van der Waals surface area contributed by atoms with Crippen LogP contribution in [0.1, 0.15) is 16.1 Å². The highest BCUT2D eigenvalue weighted by atomic mass is 79.9. The van der Waals surface area contributed by atoms with Gasteiger partial charge in [0.1, 0.15) is 5.69 Å². The highest BCUT2D eigenvalue weighted by Gasteiger charge is 2.34. The van der Waals surface area contributed by atoms with Crippen molar-refractivity contribution in [2.24, 2.45) is 0 Å². The van der Waals surface area contributed by atoms with Gasteiger partial charge in [-0.15, -0.1) is 0 Å². The van der Waals surface area contributed by atoms with Gasteiger partial charge in [-0.3, -0.25) is 0 Å². The number of benzene rings is 1. The lowest BCUT2D eigenvalue weighted by molar-refractivity contribution is -0.140. The Morgan fingerprint density at radius 1 is 1.28 bits per heavy atom. The smallest absolute Gasteiger partial charge is 0.433 e. The molecule has 2 aromatic rings. The molecule has 1 aromatic carbocycles. The number of carboxylic acids is 1. The normalized spacial score (nSPS) is 11.8. The van der Waals surface area contributed by atoms with Gasteiger partial charge in [0.05, 0.1) is 11.1 Å². The number of carboxylic acid groups (broad SMARTS) is 1. The number of rotatable bonds is 1. The molecule has 7 heteroatoms. The first kappa shape index (κ1) is 12.8. The van der Waals surface area contributed by atoms with Gasteiger partial charge in [-0.05, 0) is 18.2 Å². The molecule has 0 aliphatic carbocycles. The fourth-order valence-electron chi connectivity index (χ4n) is 1.52. The van der Waals surface area contributed by atoms with Gasteiger partial charge in [0.25, 0.3) is 0 Å². The van der Waals surface area contributed by atoms with Gasteiger partial charge in [0.2, 0.25) is 0 Å². The summed E-state index contributed by atoms with van der Waals surface area (Å²) in [6, 6.07) is 4.84. The molecule has 94 valence electrons. The summed E-state index contributed by atoms with van der Waals surface area (Å²) in [4.78, 5) is 14.4. The topological polar surface area (TPSA) is 50.2 Å². The van der Waals surface area contributed by atoms with Crippen molar-refractivity contribution in [3.63, 3.8) is 0 Å². The van der Waals surface area contributed by atoms with Crippen LogP contribution < -0.4 is 0 Å². The SMILES string of the molecule is O=C(O)c1cc(C(F)(F)F)nc2cc(Br)ccc12. The Morgan fingerprint density at radius 3 is 2.50 bits per heavy atom. The largest absolute Gasteiger partial charge is 0.478 e. The zero-order valence-electron chi connectivity index (χ0n) is 8.62. The molecular weight excluding hydrogens is 315 g/mol. The number of pyridine rings is 1. The molecule has 0 aliphatic heterocycles. The highest BCUT2D eigenvalue weighted by Crippen LogP contribution is 2.31. The predicted molar refractivity (Wildman–Crippen MR) is 61.4 cm³/mol. The fraction of sp³-hybridized carbons (Fsp3) is 0.0909. The average Bonchev–Trinajstić information content (AvgIpc) is 2.25. The summed E-state index contributed by atoms with van der Waals surface area (Å²) < 4.78 is 38.3. The van der Waals surface area contributed by atoms with Crippen molar-refractivity contribution in [1.82, 2.24) is 4.98 Å². The molecule has 3 nitrogen and oxygen atoms in total. The van der Waals surface area contributed by atoms with E-state index < -0.39 is 23.4 Å². The first-order chi connectivity index (χ1) is 8.29. The number of hydrogen-bond acceptors (Lipinski definition) is 2. The number of aromatic carboxylic acids is 1. The van der Waals surface area contributed by atoms with Crippen molar-refractivity contribution in [2.45, 2.75) is 6.18 Å². The van der Waals surface area contributed by atoms with Crippen LogP contribution in [0, 0.1) is 0 Å². The summed E-state index contributed by atoms with van der Waals surface area (Å²) in [6.07, 6.45) is -4.68. The lowest BCUT2D eigenvalue weighted by Crippen LogP contribution is -2.11. The molecule has 0 unspecified atom stereocenters.